The first-order valence-corrected chi connectivity index (χ1v) is 7.11. The molecule has 0 bridgehead atoms. The van der Waals surface area contributed by atoms with Gasteiger partial charge in [0.15, 0.2) is 6.61 Å². The number of nitrogens with one attached hydrogen (secondary N) is 1. The van der Waals surface area contributed by atoms with Crippen molar-refractivity contribution >= 4 is 29.2 Å². The molecule has 2 rings (SSSR count). The zero-order chi connectivity index (χ0) is 16.8. The number of carbonyl (C=O) groups is 2. The minimum Gasteiger partial charge on any atom is -0.495 e. The number of benzene rings is 1. The fourth-order valence-corrected chi connectivity index (χ4v) is 1.96. The standard InChI is InChI=1S/C16H15ClN2O4/c1-10-7-13(14(22-2)8-11(10)17)19-15(20)9-23-16(21)12-5-3-4-6-18-12/h3-8H,9H2,1-2H3,(H,19,20). The highest BCUT2D eigenvalue weighted by Crippen LogP contribution is 2.30. The summed E-state index contributed by atoms with van der Waals surface area (Å²) in [7, 11) is 1.47. The lowest BCUT2D eigenvalue weighted by atomic mass is 10.2. The van der Waals surface area contributed by atoms with Gasteiger partial charge in [-0.2, -0.15) is 0 Å². The zero-order valence-corrected chi connectivity index (χ0v) is 13.4. The van der Waals surface area contributed by atoms with E-state index in [1.54, 1.807) is 31.2 Å². The highest BCUT2D eigenvalue weighted by molar-refractivity contribution is 6.31. The third-order valence-corrected chi connectivity index (χ3v) is 3.37. The maximum atomic E-state index is 11.9. The highest BCUT2D eigenvalue weighted by atomic mass is 35.5. The molecule has 0 aliphatic rings. The van der Waals surface area contributed by atoms with Crippen LogP contribution in [0.2, 0.25) is 5.02 Å². The van der Waals surface area contributed by atoms with Gasteiger partial charge in [-0.3, -0.25) is 4.79 Å². The molecule has 1 heterocycles. The summed E-state index contributed by atoms with van der Waals surface area (Å²) in [6, 6.07) is 8.13. The van der Waals surface area contributed by atoms with Crippen LogP contribution in [0.25, 0.3) is 0 Å². The third kappa shape index (κ3) is 4.43. The first-order chi connectivity index (χ1) is 11.0. The van der Waals surface area contributed by atoms with Gasteiger partial charge in [-0.1, -0.05) is 17.7 Å². The van der Waals surface area contributed by atoms with E-state index in [2.05, 4.69) is 10.3 Å². The van der Waals surface area contributed by atoms with Crippen molar-refractivity contribution in [3.63, 3.8) is 0 Å². The van der Waals surface area contributed by atoms with Crippen molar-refractivity contribution < 1.29 is 19.1 Å². The summed E-state index contributed by atoms with van der Waals surface area (Å²) in [6.45, 7) is 1.37. The van der Waals surface area contributed by atoms with E-state index in [9.17, 15) is 9.59 Å². The van der Waals surface area contributed by atoms with Crippen LogP contribution in [0.1, 0.15) is 16.1 Å². The first-order valence-electron chi connectivity index (χ1n) is 6.73. The molecule has 0 saturated heterocycles. The van der Waals surface area contributed by atoms with Gasteiger partial charge >= 0.3 is 5.97 Å². The van der Waals surface area contributed by atoms with Crippen LogP contribution in [-0.2, 0) is 9.53 Å². The van der Waals surface area contributed by atoms with Crippen LogP contribution in [-0.4, -0.2) is 30.6 Å². The number of amides is 1. The topological polar surface area (TPSA) is 77.5 Å². The predicted octanol–water partition coefficient (Wildman–Crippen LogP) is 2.85. The lowest BCUT2D eigenvalue weighted by Crippen LogP contribution is -2.21. The van der Waals surface area contributed by atoms with Gasteiger partial charge in [-0.25, -0.2) is 9.78 Å². The van der Waals surface area contributed by atoms with Crippen molar-refractivity contribution in [3.05, 3.63) is 52.8 Å². The number of aromatic nitrogens is 1. The van der Waals surface area contributed by atoms with E-state index < -0.39 is 18.5 Å². The van der Waals surface area contributed by atoms with Crippen LogP contribution < -0.4 is 10.1 Å². The second-order valence-corrected chi connectivity index (χ2v) is 5.05. The number of halogens is 1. The quantitative estimate of drug-likeness (QED) is 0.851. The molecule has 7 heteroatoms. The van der Waals surface area contributed by atoms with E-state index in [1.165, 1.54) is 19.4 Å². The average Bonchev–Trinajstić information content (AvgIpc) is 2.56. The van der Waals surface area contributed by atoms with Crippen LogP contribution in [0.3, 0.4) is 0 Å². The minimum atomic E-state index is -0.667. The molecule has 1 aromatic heterocycles. The number of esters is 1. The van der Waals surface area contributed by atoms with Gasteiger partial charge in [-0.05, 0) is 30.7 Å². The van der Waals surface area contributed by atoms with E-state index in [-0.39, 0.29) is 5.69 Å². The Morgan fingerprint density at radius 3 is 2.74 bits per heavy atom. The maximum absolute atomic E-state index is 11.9. The molecule has 1 N–H and O–H groups in total. The molecule has 6 nitrogen and oxygen atoms in total. The third-order valence-electron chi connectivity index (χ3n) is 2.96. The van der Waals surface area contributed by atoms with Crippen LogP contribution >= 0.6 is 11.6 Å². The summed E-state index contributed by atoms with van der Waals surface area (Å²) in [6.07, 6.45) is 1.47. The van der Waals surface area contributed by atoms with E-state index >= 15 is 0 Å². The molecule has 0 fully saturated rings. The van der Waals surface area contributed by atoms with E-state index in [1.807, 2.05) is 0 Å². The Balaban J connectivity index is 1.98. The van der Waals surface area contributed by atoms with Crippen LogP contribution in [0, 0.1) is 6.92 Å². The fraction of sp³-hybridized carbons (Fsp3) is 0.188. The molecule has 120 valence electrons. The molecule has 0 aliphatic carbocycles. The van der Waals surface area contributed by atoms with E-state index in [0.29, 0.717) is 16.5 Å². The van der Waals surface area contributed by atoms with Crippen LogP contribution in [0.15, 0.2) is 36.5 Å². The van der Waals surface area contributed by atoms with Crippen molar-refractivity contribution in [2.24, 2.45) is 0 Å². The molecule has 0 saturated carbocycles. The molecule has 0 atom stereocenters. The minimum absolute atomic E-state index is 0.139. The average molecular weight is 335 g/mol. The van der Waals surface area contributed by atoms with E-state index in [0.717, 1.165) is 5.56 Å². The molecule has 2 aromatic rings. The number of hydrogen-bond donors (Lipinski definition) is 1. The molecule has 1 aromatic carbocycles. The number of hydrogen-bond acceptors (Lipinski definition) is 5. The number of carbonyl (C=O) groups excluding carboxylic acids is 2. The number of ether oxygens (including phenoxy) is 2. The van der Waals surface area contributed by atoms with Gasteiger partial charge in [-0.15, -0.1) is 0 Å². The maximum Gasteiger partial charge on any atom is 0.357 e. The predicted molar refractivity (Wildman–Crippen MR) is 85.9 cm³/mol. The smallest absolute Gasteiger partial charge is 0.357 e. The summed E-state index contributed by atoms with van der Waals surface area (Å²) < 4.78 is 10.1. The molecule has 0 unspecified atom stereocenters. The lowest BCUT2D eigenvalue weighted by Gasteiger charge is -2.12. The van der Waals surface area contributed by atoms with Crippen LogP contribution in [0.5, 0.6) is 5.75 Å². The van der Waals surface area contributed by atoms with Gasteiger partial charge in [0, 0.05) is 17.3 Å². The monoisotopic (exact) mass is 334 g/mol. The number of aryl methyl sites for hydroxylation is 1. The van der Waals surface area contributed by atoms with Gasteiger partial charge in [0.05, 0.1) is 12.8 Å². The van der Waals surface area contributed by atoms with Gasteiger partial charge in [0.2, 0.25) is 0 Å². The second-order valence-electron chi connectivity index (χ2n) is 4.64. The lowest BCUT2D eigenvalue weighted by molar-refractivity contribution is -0.119. The highest BCUT2D eigenvalue weighted by Gasteiger charge is 2.13. The molecule has 0 radical (unpaired) electrons. The molecular weight excluding hydrogens is 320 g/mol. The molecule has 0 spiro atoms. The SMILES string of the molecule is COc1cc(Cl)c(C)cc1NC(=O)COC(=O)c1ccccn1. The number of pyridine rings is 1. The normalized spacial score (nSPS) is 10.0. The van der Waals surface area contributed by atoms with Crippen molar-refractivity contribution in [2.45, 2.75) is 6.92 Å². The number of anilines is 1. The Morgan fingerprint density at radius 2 is 2.09 bits per heavy atom. The number of nitrogens with zero attached hydrogens (tertiary/aromatic N) is 1. The Bertz CT molecular complexity index is 720. The second kappa shape index (κ2) is 7.60. The van der Waals surface area contributed by atoms with Crippen molar-refractivity contribution in [1.29, 1.82) is 0 Å². The number of rotatable bonds is 5. The van der Waals surface area contributed by atoms with Gasteiger partial charge < -0.3 is 14.8 Å². The summed E-state index contributed by atoms with van der Waals surface area (Å²) in [5.74, 6) is -0.737. The Kier molecular flexibility index (Phi) is 5.54. The van der Waals surface area contributed by atoms with Crippen molar-refractivity contribution in [1.82, 2.24) is 4.98 Å². The van der Waals surface area contributed by atoms with Crippen molar-refractivity contribution in [3.8, 4) is 5.75 Å². The fourth-order valence-electron chi connectivity index (χ4n) is 1.80. The molecular formula is C16H15ClN2O4. The Hall–Kier alpha value is -2.60. The Morgan fingerprint density at radius 1 is 1.30 bits per heavy atom. The summed E-state index contributed by atoms with van der Waals surface area (Å²) in [5.41, 5.74) is 1.38. The molecule has 23 heavy (non-hydrogen) atoms. The first kappa shape index (κ1) is 16.8. The number of methoxy groups -OCH3 is 1. The summed E-state index contributed by atoms with van der Waals surface area (Å²) >= 11 is 6.00. The summed E-state index contributed by atoms with van der Waals surface area (Å²) in [5, 5.41) is 3.15. The Labute approximate surface area is 138 Å². The molecule has 1 amide bonds. The van der Waals surface area contributed by atoms with Crippen molar-refractivity contribution in [2.75, 3.05) is 19.0 Å². The largest absolute Gasteiger partial charge is 0.495 e. The summed E-state index contributed by atoms with van der Waals surface area (Å²) in [4.78, 5) is 27.5. The zero-order valence-electron chi connectivity index (χ0n) is 12.6. The van der Waals surface area contributed by atoms with Gasteiger partial charge in [0.1, 0.15) is 11.4 Å². The molecule has 0 aliphatic heterocycles. The van der Waals surface area contributed by atoms with Gasteiger partial charge in [0.25, 0.3) is 5.91 Å². The van der Waals surface area contributed by atoms with Crippen LogP contribution in [0.4, 0.5) is 5.69 Å². The van der Waals surface area contributed by atoms with E-state index in [4.69, 9.17) is 21.1 Å².